The fourth-order valence-corrected chi connectivity index (χ4v) is 3.22. The molecule has 2 amide bonds. The monoisotopic (exact) mass is 414 g/mol. The normalized spacial score (nSPS) is 12.7. The Morgan fingerprint density at radius 1 is 0.871 bits per heavy atom. The zero-order valence-corrected chi connectivity index (χ0v) is 17.1. The molecule has 0 aromatic heterocycles. The van der Waals surface area contributed by atoms with Gasteiger partial charge in [0.25, 0.3) is 5.91 Å². The van der Waals surface area contributed by atoms with Gasteiger partial charge >= 0.3 is 5.97 Å². The summed E-state index contributed by atoms with van der Waals surface area (Å²) in [5, 5.41) is 2.80. The van der Waals surface area contributed by atoms with E-state index in [4.69, 9.17) is 4.74 Å². The van der Waals surface area contributed by atoms with Crippen molar-refractivity contribution in [1.29, 1.82) is 0 Å². The molecule has 0 bridgehead atoms. The summed E-state index contributed by atoms with van der Waals surface area (Å²) in [6.07, 6.45) is 1.78. The maximum atomic E-state index is 12.8. The molecular formula is C25H22N2O4. The van der Waals surface area contributed by atoms with Crippen molar-refractivity contribution in [3.8, 4) is 5.75 Å². The van der Waals surface area contributed by atoms with Crippen molar-refractivity contribution in [3.63, 3.8) is 0 Å². The number of benzene rings is 3. The van der Waals surface area contributed by atoms with Crippen LogP contribution in [0.25, 0.3) is 0 Å². The highest BCUT2D eigenvalue weighted by Crippen LogP contribution is 2.33. The average Bonchev–Trinajstić information content (AvgIpc) is 3.65. The summed E-state index contributed by atoms with van der Waals surface area (Å²) in [6.45, 7) is 0. The Morgan fingerprint density at radius 3 is 2.19 bits per heavy atom. The molecule has 156 valence electrons. The molecule has 0 atom stereocenters. The summed E-state index contributed by atoms with van der Waals surface area (Å²) in [7, 11) is 1.68. The third kappa shape index (κ3) is 4.80. The summed E-state index contributed by atoms with van der Waals surface area (Å²) in [5.74, 6) is -0.366. The van der Waals surface area contributed by atoms with E-state index in [1.165, 1.54) is 4.90 Å². The first-order valence-corrected chi connectivity index (χ1v) is 10.1. The molecule has 0 aliphatic heterocycles. The van der Waals surface area contributed by atoms with Crippen LogP contribution in [0.15, 0.2) is 78.9 Å². The Kier molecular flexibility index (Phi) is 5.80. The number of nitrogens with one attached hydrogen (secondary N) is 1. The first-order chi connectivity index (χ1) is 15.0. The molecule has 1 aliphatic rings. The number of carbonyl (C=O) groups is 3. The van der Waals surface area contributed by atoms with Crippen LogP contribution >= 0.6 is 0 Å². The molecule has 31 heavy (non-hydrogen) atoms. The molecule has 0 unspecified atom stereocenters. The lowest BCUT2D eigenvalue weighted by Gasteiger charge is -2.20. The highest BCUT2D eigenvalue weighted by molar-refractivity contribution is 6.05. The average molecular weight is 414 g/mol. The van der Waals surface area contributed by atoms with Crippen LogP contribution in [-0.2, 0) is 4.79 Å². The largest absolute Gasteiger partial charge is 0.423 e. The van der Waals surface area contributed by atoms with Crippen LogP contribution in [0.2, 0.25) is 0 Å². The molecule has 0 spiro atoms. The van der Waals surface area contributed by atoms with Gasteiger partial charge in [-0.1, -0.05) is 30.3 Å². The second kappa shape index (κ2) is 8.83. The number of anilines is 2. The van der Waals surface area contributed by atoms with E-state index in [1.54, 1.807) is 79.8 Å². The van der Waals surface area contributed by atoms with E-state index >= 15 is 0 Å². The standard InChI is InChI=1S/C25H22N2O4/c1-27(24(29)18-11-12-18)22-10-6-5-9-21(22)25(30)31-20-15-13-19(14-16-20)26-23(28)17-7-3-2-4-8-17/h2-10,13-16,18H,11-12H2,1H3,(H,26,28). The first kappa shape index (κ1) is 20.3. The topological polar surface area (TPSA) is 75.7 Å². The number of hydrogen-bond donors (Lipinski definition) is 1. The zero-order valence-electron chi connectivity index (χ0n) is 17.1. The van der Waals surface area contributed by atoms with Crippen LogP contribution in [0.5, 0.6) is 5.75 Å². The molecular weight excluding hydrogens is 392 g/mol. The van der Waals surface area contributed by atoms with Crippen LogP contribution in [0.3, 0.4) is 0 Å². The lowest BCUT2D eigenvalue weighted by Crippen LogP contribution is -2.29. The minimum Gasteiger partial charge on any atom is -0.423 e. The van der Waals surface area contributed by atoms with E-state index in [9.17, 15) is 14.4 Å². The van der Waals surface area contributed by atoms with Gasteiger partial charge in [-0.15, -0.1) is 0 Å². The van der Waals surface area contributed by atoms with Gasteiger partial charge < -0.3 is 15.0 Å². The van der Waals surface area contributed by atoms with Crippen molar-refractivity contribution < 1.29 is 19.1 Å². The molecule has 3 aromatic carbocycles. The second-order valence-corrected chi connectivity index (χ2v) is 7.42. The molecule has 3 aromatic rings. The number of nitrogens with zero attached hydrogens (tertiary/aromatic N) is 1. The lowest BCUT2D eigenvalue weighted by atomic mass is 10.1. The van der Waals surface area contributed by atoms with Crippen LogP contribution in [0, 0.1) is 5.92 Å². The van der Waals surface area contributed by atoms with E-state index < -0.39 is 5.97 Å². The SMILES string of the molecule is CN(C(=O)C1CC1)c1ccccc1C(=O)Oc1ccc(NC(=O)c2ccccc2)cc1. The third-order valence-electron chi connectivity index (χ3n) is 5.10. The second-order valence-electron chi connectivity index (χ2n) is 7.42. The van der Waals surface area contributed by atoms with Crippen LogP contribution in [0.1, 0.15) is 33.6 Å². The van der Waals surface area contributed by atoms with Gasteiger partial charge in [0, 0.05) is 24.2 Å². The van der Waals surface area contributed by atoms with Gasteiger partial charge in [-0.25, -0.2) is 4.79 Å². The molecule has 1 N–H and O–H groups in total. The molecule has 1 fully saturated rings. The Morgan fingerprint density at radius 2 is 1.52 bits per heavy atom. The highest BCUT2D eigenvalue weighted by Gasteiger charge is 2.33. The highest BCUT2D eigenvalue weighted by atomic mass is 16.5. The Bertz CT molecular complexity index is 1110. The van der Waals surface area contributed by atoms with Gasteiger partial charge in [0.05, 0.1) is 11.3 Å². The van der Waals surface area contributed by atoms with E-state index in [0.29, 0.717) is 28.3 Å². The molecule has 1 aliphatic carbocycles. The number of esters is 1. The minimum absolute atomic E-state index is 0.0127. The van der Waals surface area contributed by atoms with E-state index in [2.05, 4.69) is 5.32 Å². The number of hydrogen-bond acceptors (Lipinski definition) is 4. The van der Waals surface area contributed by atoms with Gasteiger partial charge in [0.1, 0.15) is 5.75 Å². The van der Waals surface area contributed by atoms with Crippen molar-refractivity contribution in [2.45, 2.75) is 12.8 Å². The molecule has 1 saturated carbocycles. The van der Waals surface area contributed by atoms with Gasteiger partial charge in [-0.05, 0) is 61.4 Å². The molecule has 6 nitrogen and oxygen atoms in total. The summed E-state index contributed by atoms with van der Waals surface area (Å²) in [5.41, 5.74) is 1.99. The van der Waals surface area contributed by atoms with Gasteiger partial charge in [-0.2, -0.15) is 0 Å². The molecule has 0 saturated heterocycles. The molecule has 6 heteroatoms. The minimum atomic E-state index is -0.549. The lowest BCUT2D eigenvalue weighted by molar-refractivity contribution is -0.119. The third-order valence-corrected chi connectivity index (χ3v) is 5.10. The number of para-hydroxylation sites is 1. The first-order valence-electron chi connectivity index (χ1n) is 10.1. The number of rotatable bonds is 6. The zero-order chi connectivity index (χ0) is 21.8. The fraction of sp³-hybridized carbons (Fsp3) is 0.160. The summed E-state index contributed by atoms with van der Waals surface area (Å²) < 4.78 is 5.50. The van der Waals surface area contributed by atoms with E-state index in [0.717, 1.165) is 12.8 Å². The van der Waals surface area contributed by atoms with Gasteiger partial charge in [0.2, 0.25) is 5.91 Å². The van der Waals surface area contributed by atoms with Crippen molar-refractivity contribution >= 4 is 29.2 Å². The Hall–Kier alpha value is -3.93. The maximum Gasteiger partial charge on any atom is 0.345 e. The Balaban J connectivity index is 1.43. The number of carbonyl (C=O) groups excluding carboxylic acids is 3. The van der Waals surface area contributed by atoms with E-state index in [-0.39, 0.29) is 17.7 Å². The maximum absolute atomic E-state index is 12.8. The van der Waals surface area contributed by atoms with Crippen molar-refractivity contribution in [3.05, 3.63) is 90.0 Å². The fourth-order valence-electron chi connectivity index (χ4n) is 3.22. The molecule has 4 rings (SSSR count). The number of amides is 2. The number of ether oxygens (including phenoxy) is 1. The van der Waals surface area contributed by atoms with E-state index in [1.807, 2.05) is 6.07 Å². The summed E-state index contributed by atoms with van der Waals surface area (Å²) in [6, 6.07) is 22.3. The van der Waals surface area contributed by atoms with Gasteiger partial charge in [0.15, 0.2) is 0 Å². The molecule has 0 radical (unpaired) electrons. The molecule has 0 heterocycles. The predicted molar refractivity (Wildman–Crippen MR) is 118 cm³/mol. The Labute approximate surface area is 180 Å². The summed E-state index contributed by atoms with van der Waals surface area (Å²) >= 11 is 0. The van der Waals surface area contributed by atoms with Crippen LogP contribution in [-0.4, -0.2) is 24.8 Å². The van der Waals surface area contributed by atoms with Crippen molar-refractivity contribution in [2.75, 3.05) is 17.3 Å². The van der Waals surface area contributed by atoms with Crippen molar-refractivity contribution in [1.82, 2.24) is 0 Å². The quantitative estimate of drug-likeness (QED) is 0.475. The van der Waals surface area contributed by atoms with Crippen LogP contribution in [0.4, 0.5) is 11.4 Å². The van der Waals surface area contributed by atoms with Crippen molar-refractivity contribution in [2.24, 2.45) is 5.92 Å². The van der Waals surface area contributed by atoms with Gasteiger partial charge in [-0.3, -0.25) is 9.59 Å². The smallest absolute Gasteiger partial charge is 0.345 e. The predicted octanol–water partition coefficient (Wildman–Crippen LogP) is 4.53. The summed E-state index contributed by atoms with van der Waals surface area (Å²) in [4.78, 5) is 38.9. The van der Waals surface area contributed by atoms with Crippen LogP contribution < -0.4 is 15.0 Å².